The zero-order chi connectivity index (χ0) is 33.4. The molecule has 5 atom stereocenters. The number of amides is 3. The maximum Gasteiger partial charge on any atom is 0.407 e. The first-order valence-electron chi connectivity index (χ1n) is 15.3. The van der Waals surface area contributed by atoms with Crippen molar-refractivity contribution in [2.75, 3.05) is 26.3 Å². The van der Waals surface area contributed by atoms with Gasteiger partial charge in [0.1, 0.15) is 18.2 Å². The molecule has 2 rings (SSSR count). The molecule has 250 valence electrons. The standard InChI is InChI=1S/C33H50N4O8/c1-22(2)29(37-31(42)44-17-16-38)30(41)35-25(18-23-12-8-6-9-13-23)27(39)20-34-21-28(40)26(19-24-14-10-7-11-15-24)36-32(43)45-33(3,4)5/h6-15,22,25-29,34,38-40H,16-21H2,1-5H3,(H,35,41)(H,36,43)(H,37,42)/t25?,26?,27?,28?,29-/m0/s1. The van der Waals surface area contributed by atoms with Gasteiger partial charge in [-0.3, -0.25) is 4.79 Å². The van der Waals surface area contributed by atoms with E-state index in [0.717, 1.165) is 11.1 Å². The number of rotatable bonds is 17. The Morgan fingerprint density at radius 2 is 1.24 bits per heavy atom. The van der Waals surface area contributed by atoms with E-state index in [0.29, 0.717) is 12.8 Å². The molecule has 12 heteroatoms. The van der Waals surface area contributed by atoms with Gasteiger partial charge in [0.2, 0.25) is 5.91 Å². The Kier molecular flexibility index (Phi) is 15.8. The third kappa shape index (κ3) is 14.7. The first-order chi connectivity index (χ1) is 21.3. The Morgan fingerprint density at radius 3 is 1.69 bits per heavy atom. The van der Waals surface area contributed by atoms with Gasteiger partial charge in [-0.15, -0.1) is 0 Å². The minimum absolute atomic E-state index is 0.0116. The van der Waals surface area contributed by atoms with Crippen LogP contribution in [-0.2, 0) is 27.1 Å². The molecule has 0 aliphatic rings. The lowest BCUT2D eigenvalue weighted by Gasteiger charge is -2.30. The molecule has 0 bridgehead atoms. The molecule has 3 amide bonds. The van der Waals surface area contributed by atoms with Crippen LogP contribution in [0.25, 0.3) is 0 Å². The molecular formula is C33H50N4O8. The van der Waals surface area contributed by atoms with Gasteiger partial charge < -0.3 is 46.1 Å². The van der Waals surface area contributed by atoms with E-state index in [1.165, 1.54) is 0 Å². The summed E-state index contributed by atoms with van der Waals surface area (Å²) >= 11 is 0. The fourth-order valence-corrected chi connectivity index (χ4v) is 4.54. The molecule has 0 aliphatic heterocycles. The summed E-state index contributed by atoms with van der Waals surface area (Å²) in [6.45, 7) is 8.29. The average molecular weight is 631 g/mol. The summed E-state index contributed by atoms with van der Waals surface area (Å²) in [6, 6.07) is 16.4. The summed E-state index contributed by atoms with van der Waals surface area (Å²) in [5.74, 6) is -0.802. The van der Waals surface area contributed by atoms with Crippen molar-refractivity contribution in [2.45, 2.75) is 83.4 Å². The van der Waals surface area contributed by atoms with Crippen LogP contribution in [0.1, 0.15) is 45.7 Å². The van der Waals surface area contributed by atoms with Crippen LogP contribution in [0.15, 0.2) is 60.7 Å². The van der Waals surface area contributed by atoms with Crippen molar-refractivity contribution in [1.29, 1.82) is 0 Å². The van der Waals surface area contributed by atoms with Crippen LogP contribution in [-0.4, -0.2) is 95.7 Å². The minimum Gasteiger partial charge on any atom is -0.447 e. The van der Waals surface area contributed by atoms with Crippen molar-refractivity contribution in [3.8, 4) is 0 Å². The van der Waals surface area contributed by atoms with Crippen molar-refractivity contribution in [2.24, 2.45) is 5.92 Å². The molecule has 0 fully saturated rings. The summed E-state index contributed by atoms with van der Waals surface area (Å²) in [5, 5.41) is 42.4. The zero-order valence-electron chi connectivity index (χ0n) is 26.9. The molecule has 0 saturated carbocycles. The molecule has 0 aromatic heterocycles. The second-order valence-corrected chi connectivity index (χ2v) is 12.3. The molecule has 0 aliphatic carbocycles. The fourth-order valence-electron chi connectivity index (χ4n) is 4.54. The summed E-state index contributed by atoms with van der Waals surface area (Å²) in [7, 11) is 0. The molecule has 2 aromatic carbocycles. The van der Waals surface area contributed by atoms with Crippen molar-refractivity contribution in [3.05, 3.63) is 71.8 Å². The van der Waals surface area contributed by atoms with Crippen molar-refractivity contribution >= 4 is 18.1 Å². The Labute approximate surface area is 265 Å². The van der Waals surface area contributed by atoms with Gasteiger partial charge in [-0.25, -0.2) is 9.59 Å². The van der Waals surface area contributed by atoms with Crippen LogP contribution in [0.4, 0.5) is 9.59 Å². The monoisotopic (exact) mass is 630 g/mol. The van der Waals surface area contributed by atoms with Gasteiger partial charge >= 0.3 is 12.2 Å². The van der Waals surface area contributed by atoms with E-state index in [4.69, 9.17) is 14.6 Å². The van der Waals surface area contributed by atoms with Crippen molar-refractivity contribution in [3.63, 3.8) is 0 Å². The predicted molar refractivity (Wildman–Crippen MR) is 170 cm³/mol. The quantitative estimate of drug-likeness (QED) is 0.138. The molecule has 45 heavy (non-hydrogen) atoms. The second-order valence-electron chi connectivity index (χ2n) is 12.3. The summed E-state index contributed by atoms with van der Waals surface area (Å²) in [6.07, 6.45) is -2.95. The van der Waals surface area contributed by atoms with Crippen LogP contribution in [0.3, 0.4) is 0 Å². The maximum atomic E-state index is 13.3. The number of carbonyl (C=O) groups is 3. The van der Waals surface area contributed by atoms with Gasteiger partial charge in [0.15, 0.2) is 0 Å². The highest BCUT2D eigenvalue weighted by Gasteiger charge is 2.30. The number of aliphatic hydroxyl groups excluding tert-OH is 3. The van der Waals surface area contributed by atoms with E-state index in [1.54, 1.807) is 34.6 Å². The third-order valence-corrected chi connectivity index (χ3v) is 6.81. The van der Waals surface area contributed by atoms with Gasteiger partial charge in [0.25, 0.3) is 0 Å². The molecule has 0 radical (unpaired) electrons. The highest BCUT2D eigenvalue weighted by molar-refractivity contribution is 5.86. The summed E-state index contributed by atoms with van der Waals surface area (Å²) < 4.78 is 10.2. The van der Waals surface area contributed by atoms with E-state index in [-0.39, 0.29) is 32.2 Å². The summed E-state index contributed by atoms with van der Waals surface area (Å²) in [4.78, 5) is 37.9. The third-order valence-electron chi connectivity index (χ3n) is 6.81. The largest absolute Gasteiger partial charge is 0.447 e. The topological polar surface area (TPSA) is 178 Å². The fraction of sp³-hybridized carbons (Fsp3) is 0.545. The highest BCUT2D eigenvalue weighted by Crippen LogP contribution is 2.12. The van der Waals surface area contributed by atoms with Crippen LogP contribution >= 0.6 is 0 Å². The zero-order valence-corrected chi connectivity index (χ0v) is 26.9. The molecule has 12 nitrogen and oxygen atoms in total. The molecule has 0 heterocycles. The van der Waals surface area contributed by atoms with E-state index in [2.05, 4.69) is 21.3 Å². The summed E-state index contributed by atoms with van der Waals surface area (Å²) in [5.41, 5.74) is 1.08. The van der Waals surface area contributed by atoms with E-state index >= 15 is 0 Å². The van der Waals surface area contributed by atoms with Crippen LogP contribution < -0.4 is 21.3 Å². The van der Waals surface area contributed by atoms with Crippen LogP contribution in [0, 0.1) is 5.92 Å². The highest BCUT2D eigenvalue weighted by atomic mass is 16.6. The number of benzene rings is 2. The predicted octanol–water partition coefficient (Wildman–Crippen LogP) is 1.90. The van der Waals surface area contributed by atoms with E-state index in [1.807, 2.05) is 60.7 Å². The number of alkyl carbamates (subject to hydrolysis) is 2. The van der Waals surface area contributed by atoms with Crippen molar-refractivity contribution < 1.29 is 39.2 Å². The number of ether oxygens (including phenoxy) is 2. The smallest absolute Gasteiger partial charge is 0.407 e. The number of hydrogen-bond donors (Lipinski definition) is 7. The molecule has 0 spiro atoms. The number of aliphatic hydroxyl groups is 3. The van der Waals surface area contributed by atoms with Crippen molar-refractivity contribution in [1.82, 2.24) is 21.3 Å². The SMILES string of the molecule is CC(C)[C@H](NC(=O)OCCO)C(=O)NC(Cc1ccccc1)C(O)CNCC(O)C(Cc1ccccc1)NC(=O)OC(C)(C)C. The minimum atomic E-state index is -1.08. The lowest BCUT2D eigenvalue weighted by Crippen LogP contribution is -2.57. The van der Waals surface area contributed by atoms with Gasteiger partial charge in [0.05, 0.1) is 30.9 Å². The first kappa shape index (κ1) is 37.5. The lowest BCUT2D eigenvalue weighted by atomic mass is 9.98. The van der Waals surface area contributed by atoms with Gasteiger partial charge in [0, 0.05) is 13.1 Å². The van der Waals surface area contributed by atoms with E-state index in [9.17, 15) is 24.6 Å². The number of carbonyl (C=O) groups excluding carboxylic acids is 3. The van der Waals surface area contributed by atoms with E-state index < -0.39 is 54.0 Å². The Balaban J connectivity index is 2.10. The Bertz CT molecular complexity index is 1160. The molecule has 0 saturated heterocycles. The van der Waals surface area contributed by atoms with Gasteiger partial charge in [-0.05, 0) is 50.7 Å². The van der Waals surface area contributed by atoms with Crippen LogP contribution in [0.5, 0.6) is 0 Å². The number of nitrogens with one attached hydrogen (secondary N) is 4. The lowest BCUT2D eigenvalue weighted by molar-refractivity contribution is -0.125. The normalized spacial score (nSPS) is 14.9. The van der Waals surface area contributed by atoms with Crippen LogP contribution in [0.2, 0.25) is 0 Å². The number of hydrogen-bond acceptors (Lipinski definition) is 9. The van der Waals surface area contributed by atoms with Gasteiger partial charge in [-0.1, -0.05) is 74.5 Å². The molecular weight excluding hydrogens is 580 g/mol. The first-order valence-corrected chi connectivity index (χ1v) is 15.3. The Hall–Kier alpha value is -3.71. The average Bonchev–Trinajstić information content (AvgIpc) is 2.97. The second kappa shape index (κ2) is 18.9. The molecule has 4 unspecified atom stereocenters. The Morgan fingerprint density at radius 1 is 0.756 bits per heavy atom. The maximum absolute atomic E-state index is 13.3. The molecule has 7 N–H and O–H groups in total. The van der Waals surface area contributed by atoms with Gasteiger partial charge in [-0.2, -0.15) is 0 Å². The molecule has 2 aromatic rings.